The first-order valence-electron chi connectivity index (χ1n) is 8.62. The van der Waals surface area contributed by atoms with Gasteiger partial charge in [-0.3, -0.25) is 9.59 Å². The maximum atomic E-state index is 12.3. The Morgan fingerprint density at radius 3 is 2.59 bits per heavy atom. The molecule has 2 saturated carbocycles. The van der Waals surface area contributed by atoms with Crippen molar-refractivity contribution in [3.8, 4) is 0 Å². The normalized spacial score (nSPS) is 47.6. The van der Waals surface area contributed by atoms with Gasteiger partial charge in [0.25, 0.3) is 0 Å². The Morgan fingerprint density at radius 2 is 1.82 bits per heavy atom. The minimum atomic E-state index is -0.203. The van der Waals surface area contributed by atoms with Gasteiger partial charge in [-0.05, 0) is 60.8 Å². The third-order valence-corrected chi connectivity index (χ3v) is 7.48. The predicted octanol–water partition coefficient (Wildman–Crippen LogP) is 2.74. The number of ketones is 1. The largest absolute Gasteiger partial charge is 0.504 e. The number of amides is 1. The lowest BCUT2D eigenvalue weighted by Gasteiger charge is -2.56. The predicted molar refractivity (Wildman–Crippen MR) is 82.1 cm³/mol. The molecule has 1 saturated heterocycles. The number of carbonyl (C=O) groups excluding carboxylic acids is 2. The Hall–Kier alpha value is -1.32. The lowest BCUT2D eigenvalue weighted by Crippen LogP contribution is -2.51. The van der Waals surface area contributed by atoms with E-state index in [0.29, 0.717) is 24.2 Å². The van der Waals surface area contributed by atoms with E-state index in [-0.39, 0.29) is 28.3 Å². The van der Waals surface area contributed by atoms with Crippen molar-refractivity contribution in [2.24, 2.45) is 28.6 Å². The molecule has 0 aromatic rings. The van der Waals surface area contributed by atoms with Crippen molar-refractivity contribution < 1.29 is 14.7 Å². The van der Waals surface area contributed by atoms with Crippen LogP contribution in [0.1, 0.15) is 52.4 Å². The van der Waals surface area contributed by atoms with E-state index in [4.69, 9.17) is 0 Å². The van der Waals surface area contributed by atoms with Crippen molar-refractivity contribution in [3.63, 3.8) is 0 Å². The van der Waals surface area contributed by atoms with Crippen LogP contribution in [0.5, 0.6) is 0 Å². The van der Waals surface area contributed by atoms with Crippen LogP contribution in [0.2, 0.25) is 0 Å². The van der Waals surface area contributed by atoms with Gasteiger partial charge in [-0.25, -0.2) is 0 Å². The number of hydrogen-bond acceptors (Lipinski definition) is 3. The first-order chi connectivity index (χ1) is 10.4. The minimum absolute atomic E-state index is 0.0477. The third-order valence-electron chi connectivity index (χ3n) is 7.48. The van der Waals surface area contributed by atoms with E-state index >= 15 is 0 Å². The molecule has 4 heteroatoms. The Labute approximate surface area is 131 Å². The molecule has 0 aromatic carbocycles. The molecule has 0 spiro atoms. The number of aliphatic hydroxyl groups excluding tert-OH is 1. The van der Waals surface area contributed by atoms with Crippen molar-refractivity contribution in [1.29, 1.82) is 0 Å². The molecule has 0 aromatic heterocycles. The maximum absolute atomic E-state index is 12.3. The summed E-state index contributed by atoms with van der Waals surface area (Å²) in [4.78, 5) is 24.1. The summed E-state index contributed by atoms with van der Waals surface area (Å²) in [5, 5.41) is 13.4. The SMILES string of the molecule is C[C@]12CCC(=O)C(O)=C1CC[C@@H]1[C@H]2CC[C@]2(C)C(=O)NC[C@@H]12. The highest BCUT2D eigenvalue weighted by Gasteiger charge is 2.60. The van der Waals surface area contributed by atoms with Crippen molar-refractivity contribution in [2.45, 2.75) is 52.4 Å². The van der Waals surface area contributed by atoms with Crippen LogP contribution in [-0.2, 0) is 9.59 Å². The molecule has 4 rings (SSSR count). The molecule has 22 heavy (non-hydrogen) atoms. The summed E-state index contributed by atoms with van der Waals surface area (Å²) in [5.74, 6) is 1.65. The van der Waals surface area contributed by atoms with Crippen LogP contribution in [0.15, 0.2) is 11.3 Å². The molecule has 5 atom stereocenters. The molecule has 0 unspecified atom stereocenters. The second kappa shape index (κ2) is 4.36. The molecular formula is C18H25NO3. The monoisotopic (exact) mass is 303 g/mol. The zero-order valence-electron chi connectivity index (χ0n) is 13.4. The van der Waals surface area contributed by atoms with E-state index < -0.39 is 0 Å². The van der Waals surface area contributed by atoms with Gasteiger partial charge in [0.2, 0.25) is 5.91 Å². The number of fused-ring (bicyclic) bond motifs is 5. The van der Waals surface area contributed by atoms with Crippen molar-refractivity contribution >= 4 is 11.7 Å². The molecule has 1 heterocycles. The number of nitrogens with one attached hydrogen (secondary N) is 1. The van der Waals surface area contributed by atoms with Gasteiger partial charge in [0.05, 0.1) is 5.41 Å². The summed E-state index contributed by atoms with van der Waals surface area (Å²) in [6.45, 7) is 5.18. The van der Waals surface area contributed by atoms with Crippen LogP contribution in [0.25, 0.3) is 0 Å². The van der Waals surface area contributed by atoms with Gasteiger partial charge < -0.3 is 10.4 Å². The second-order valence-electron chi connectivity index (χ2n) is 8.25. The Bertz CT molecular complexity index is 595. The second-order valence-corrected chi connectivity index (χ2v) is 8.25. The summed E-state index contributed by atoms with van der Waals surface area (Å²) in [6.07, 6.45) is 5.11. The van der Waals surface area contributed by atoms with Gasteiger partial charge in [0.15, 0.2) is 11.5 Å². The highest BCUT2D eigenvalue weighted by Crippen LogP contribution is 2.62. The van der Waals surface area contributed by atoms with Gasteiger partial charge in [-0.1, -0.05) is 13.8 Å². The Balaban J connectivity index is 1.73. The number of carbonyl (C=O) groups is 2. The number of Topliss-reactive ketones (excluding diaryl/α,β-unsaturated/α-hetero) is 1. The van der Waals surface area contributed by atoms with Gasteiger partial charge in [0.1, 0.15) is 0 Å². The summed E-state index contributed by atoms with van der Waals surface area (Å²) < 4.78 is 0. The highest BCUT2D eigenvalue weighted by molar-refractivity contribution is 5.95. The molecule has 4 aliphatic rings. The molecule has 2 N–H and O–H groups in total. The highest BCUT2D eigenvalue weighted by atomic mass is 16.3. The van der Waals surface area contributed by atoms with Crippen LogP contribution in [0.4, 0.5) is 0 Å². The minimum Gasteiger partial charge on any atom is -0.504 e. The average Bonchev–Trinajstić information content (AvgIpc) is 2.79. The number of hydrogen-bond donors (Lipinski definition) is 2. The smallest absolute Gasteiger partial charge is 0.226 e. The quantitative estimate of drug-likeness (QED) is 0.723. The summed E-state index contributed by atoms with van der Waals surface area (Å²) in [7, 11) is 0. The number of rotatable bonds is 0. The Kier molecular flexibility index (Phi) is 2.83. The average molecular weight is 303 g/mol. The van der Waals surface area contributed by atoms with Gasteiger partial charge >= 0.3 is 0 Å². The van der Waals surface area contributed by atoms with Gasteiger partial charge in [0, 0.05) is 13.0 Å². The van der Waals surface area contributed by atoms with Gasteiger partial charge in [-0.2, -0.15) is 0 Å². The number of aliphatic hydroxyl groups is 1. The zero-order valence-corrected chi connectivity index (χ0v) is 13.4. The number of allylic oxidation sites excluding steroid dienone is 2. The summed E-state index contributed by atoms with van der Waals surface area (Å²) >= 11 is 0. The third kappa shape index (κ3) is 1.59. The van der Waals surface area contributed by atoms with E-state index in [0.717, 1.165) is 44.2 Å². The fourth-order valence-electron chi connectivity index (χ4n) is 6.07. The molecule has 0 bridgehead atoms. The summed E-state index contributed by atoms with van der Waals surface area (Å²) in [5.41, 5.74) is 0.755. The first-order valence-corrected chi connectivity index (χ1v) is 8.62. The molecule has 120 valence electrons. The van der Waals surface area contributed by atoms with Crippen molar-refractivity contribution in [3.05, 3.63) is 11.3 Å². The summed E-state index contributed by atoms with van der Waals surface area (Å²) in [6, 6.07) is 0. The van der Waals surface area contributed by atoms with E-state index in [2.05, 4.69) is 19.2 Å². The van der Waals surface area contributed by atoms with E-state index in [1.54, 1.807) is 0 Å². The fourth-order valence-corrected chi connectivity index (χ4v) is 6.07. The van der Waals surface area contributed by atoms with Gasteiger partial charge in [-0.15, -0.1) is 0 Å². The standard InChI is InChI=1S/C18H25NO3/c1-17-8-6-14(20)15(21)12(17)4-3-10-11(17)5-7-18(2)13(10)9-19-16(18)22/h10-11,13,21H,3-9H2,1-2H3,(H,19,22)/t10-,11-,13+,17-,18+/m1/s1. The van der Waals surface area contributed by atoms with Crippen molar-refractivity contribution in [1.82, 2.24) is 5.32 Å². The molecule has 0 radical (unpaired) electrons. The fraction of sp³-hybridized carbons (Fsp3) is 0.778. The van der Waals surface area contributed by atoms with Crippen LogP contribution < -0.4 is 5.32 Å². The Morgan fingerprint density at radius 1 is 1.05 bits per heavy atom. The van der Waals surface area contributed by atoms with E-state index in [9.17, 15) is 14.7 Å². The molecular weight excluding hydrogens is 278 g/mol. The lowest BCUT2D eigenvalue weighted by molar-refractivity contribution is -0.134. The molecule has 1 amide bonds. The van der Waals surface area contributed by atoms with Crippen LogP contribution in [0.3, 0.4) is 0 Å². The zero-order chi connectivity index (χ0) is 15.7. The molecule has 1 aliphatic heterocycles. The lowest BCUT2D eigenvalue weighted by atomic mass is 9.47. The van der Waals surface area contributed by atoms with E-state index in [1.807, 2.05) is 0 Å². The molecule has 4 nitrogen and oxygen atoms in total. The van der Waals surface area contributed by atoms with Crippen LogP contribution in [-0.4, -0.2) is 23.3 Å². The molecule has 3 fully saturated rings. The molecule has 3 aliphatic carbocycles. The van der Waals surface area contributed by atoms with Crippen LogP contribution >= 0.6 is 0 Å². The van der Waals surface area contributed by atoms with E-state index in [1.165, 1.54) is 0 Å². The van der Waals surface area contributed by atoms with Crippen LogP contribution in [0, 0.1) is 28.6 Å². The van der Waals surface area contributed by atoms with Crippen molar-refractivity contribution in [2.75, 3.05) is 6.54 Å². The topological polar surface area (TPSA) is 66.4 Å². The first kappa shape index (κ1) is 14.3. The maximum Gasteiger partial charge on any atom is 0.226 e.